The number of allylic oxidation sites excluding steroid dienone is 2. The summed E-state index contributed by atoms with van der Waals surface area (Å²) in [6.07, 6.45) is 4.31. The van der Waals surface area contributed by atoms with E-state index in [0.29, 0.717) is 17.5 Å². The molecule has 0 radical (unpaired) electrons. The molecule has 0 unspecified atom stereocenters. The van der Waals surface area contributed by atoms with Crippen LogP contribution in [-0.2, 0) is 6.54 Å². The molecule has 0 atom stereocenters. The first-order valence-electron chi connectivity index (χ1n) is 20.4. The Bertz CT molecular complexity index is 3390. The molecule has 0 N–H and O–H groups in total. The maximum atomic E-state index is 5.28. The van der Waals surface area contributed by atoms with Crippen molar-refractivity contribution in [3.05, 3.63) is 206 Å². The number of hydrogen-bond acceptors (Lipinski definition) is 3. The normalized spacial score (nSPS) is 11.8. The predicted molar refractivity (Wildman–Crippen MR) is 249 cm³/mol. The highest BCUT2D eigenvalue weighted by Crippen LogP contribution is 2.37. The van der Waals surface area contributed by atoms with Gasteiger partial charge in [0.1, 0.15) is 0 Å². The SMILES string of the molecule is C/C=C\Cn1c2ccccc2c2ccc(-c3nc(-c4cccc(-c5ccc(-c6ccccc6)cc5)c4)nc(-c4ccc5c6ccccc6n(-c6ccccc6)c5c4)n3)cc21. The molecule has 0 saturated heterocycles. The second-order valence-electron chi connectivity index (χ2n) is 15.2. The molecule has 3 heterocycles. The topological polar surface area (TPSA) is 48.5 Å². The largest absolute Gasteiger partial charge is 0.337 e. The first-order chi connectivity index (χ1) is 29.7. The lowest BCUT2D eigenvalue weighted by Crippen LogP contribution is -2.01. The molecule has 0 spiro atoms. The molecular formula is C55H39N5. The Kier molecular flexibility index (Phi) is 8.71. The van der Waals surface area contributed by atoms with Crippen molar-refractivity contribution < 1.29 is 0 Å². The molecule has 0 amide bonds. The van der Waals surface area contributed by atoms with E-state index in [1.165, 1.54) is 38.2 Å². The number of nitrogens with zero attached hydrogens (tertiary/aromatic N) is 5. The molecule has 0 bridgehead atoms. The highest BCUT2D eigenvalue weighted by Gasteiger charge is 2.18. The van der Waals surface area contributed by atoms with Gasteiger partial charge in [0.2, 0.25) is 0 Å². The van der Waals surface area contributed by atoms with Crippen LogP contribution in [0.1, 0.15) is 6.92 Å². The summed E-state index contributed by atoms with van der Waals surface area (Å²) in [5, 5.41) is 4.82. The van der Waals surface area contributed by atoms with Gasteiger partial charge in [0.25, 0.3) is 0 Å². The number of hydrogen-bond donors (Lipinski definition) is 0. The lowest BCUT2D eigenvalue weighted by molar-refractivity contribution is 0.897. The van der Waals surface area contributed by atoms with Gasteiger partial charge in [0.05, 0.1) is 16.6 Å². The van der Waals surface area contributed by atoms with Gasteiger partial charge in [-0.25, -0.2) is 15.0 Å². The highest BCUT2D eigenvalue weighted by atomic mass is 15.0. The van der Waals surface area contributed by atoms with Crippen molar-refractivity contribution in [2.24, 2.45) is 0 Å². The Morgan fingerprint density at radius 2 is 0.817 bits per heavy atom. The second kappa shape index (κ2) is 14.8. The van der Waals surface area contributed by atoms with Crippen LogP contribution in [0.15, 0.2) is 206 Å². The zero-order valence-corrected chi connectivity index (χ0v) is 33.1. The van der Waals surface area contributed by atoms with Gasteiger partial charge in [0, 0.05) is 56.0 Å². The molecule has 0 aliphatic carbocycles. The van der Waals surface area contributed by atoms with E-state index in [9.17, 15) is 0 Å². The summed E-state index contributed by atoms with van der Waals surface area (Å²) < 4.78 is 4.71. The fraction of sp³-hybridized carbons (Fsp3) is 0.0364. The minimum Gasteiger partial charge on any atom is -0.337 e. The molecule has 11 aromatic rings. The zero-order valence-electron chi connectivity index (χ0n) is 33.1. The fourth-order valence-corrected chi connectivity index (χ4v) is 8.65. The first-order valence-corrected chi connectivity index (χ1v) is 20.4. The maximum Gasteiger partial charge on any atom is 0.164 e. The van der Waals surface area contributed by atoms with Crippen LogP contribution < -0.4 is 0 Å². The lowest BCUT2D eigenvalue weighted by Gasteiger charge is -2.12. The van der Waals surface area contributed by atoms with E-state index in [4.69, 9.17) is 15.0 Å². The van der Waals surface area contributed by atoms with Crippen molar-refractivity contribution in [3.63, 3.8) is 0 Å². The van der Waals surface area contributed by atoms with Gasteiger partial charge in [-0.1, -0.05) is 164 Å². The van der Waals surface area contributed by atoms with Crippen LogP contribution in [0.25, 0.3) is 106 Å². The molecule has 60 heavy (non-hydrogen) atoms. The Morgan fingerprint density at radius 1 is 0.367 bits per heavy atom. The van der Waals surface area contributed by atoms with Crippen molar-refractivity contribution in [2.45, 2.75) is 13.5 Å². The summed E-state index contributed by atoms with van der Waals surface area (Å²) in [7, 11) is 0. The molecule has 11 rings (SSSR count). The number of benzene rings is 8. The van der Waals surface area contributed by atoms with Gasteiger partial charge in [-0.2, -0.15) is 0 Å². The smallest absolute Gasteiger partial charge is 0.164 e. The van der Waals surface area contributed by atoms with Gasteiger partial charge in [-0.15, -0.1) is 0 Å². The fourth-order valence-electron chi connectivity index (χ4n) is 8.65. The van der Waals surface area contributed by atoms with Gasteiger partial charge >= 0.3 is 0 Å². The van der Waals surface area contributed by atoms with Crippen LogP contribution >= 0.6 is 0 Å². The molecule has 5 heteroatoms. The first kappa shape index (κ1) is 35.3. The van der Waals surface area contributed by atoms with Crippen LogP contribution in [0, 0.1) is 0 Å². The van der Waals surface area contributed by atoms with E-state index in [0.717, 1.165) is 56.6 Å². The Labute approximate surface area is 348 Å². The summed E-state index contributed by atoms with van der Waals surface area (Å²) >= 11 is 0. The van der Waals surface area contributed by atoms with Crippen LogP contribution in [0.4, 0.5) is 0 Å². The average molecular weight is 770 g/mol. The maximum absolute atomic E-state index is 5.28. The summed E-state index contributed by atoms with van der Waals surface area (Å²) in [6, 6.07) is 68.7. The molecule has 0 aliphatic heterocycles. The Balaban J connectivity index is 1.09. The molecule has 3 aromatic heterocycles. The number of fused-ring (bicyclic) bond motifs is 6. The minimum atomic E-state index is 0.619. The Hall–Kier alpha value is -7.89. The Morgan fingerprint density at radius 3 is 1.48 bits per heavy atom. The molecule has 0 fully saturated rings. The molecule has 0 saturated carbocycles. The van der Waals surface area contributed by atoms with Crippen molar-refractivity contribution in [1.82, 2.24) is 24.1 Å². The minimum absolute atomic E-state index is 0.619. The van der Waals surface area contributed by atoms with Gasteiger partial charge < -0.3 is 9.13 Å². The average Bonchev–Trinajstić information content (AvgIpc) is 3.83. The van der Waals surface area contributed by atoms with E-state index in [-0.39, 0.29) is 0 Å². The molecule has 5 nitrogen and oxygen atoms in total. The summed E-state index contributed by atoms with van der Waals surface area (Å²) in [5.41, 5.74) is 13.1. The zero-order chi connectivity index (χ0) is 40.0. The molecule has 0 aliphatic rings. The van der Waals surface area contributed by atoms with Gasteiger partial charge in [0.15, 0.2) is 17.5 Å². The summed E-state index contributed by atoms with van der Waals surface area (Å²) in [4.78, 5) is 15.8. The standard InChI is InChI=1S/C55H39N5/c1-2-3-33-59-49-23-12-10-21-45(49)47-31-29-42(35-51(47)59)54-56-53(41-18-14-17-40(34-41)39-27-25-38(26-28-39)37-15-6-4-7-16-37)57-55(58-54)43-30-32-48-46-22-11-13-24-50(46)60(52(48)36-43)44-19-8-5-9-20-44/h2-32,34-36H,33H2,1H3/b3-2-. The number of rotatable bonds is 8. The third kappa shape index (κ3) is 6.16. The summed E-state index contributed by atoms with van der Waals surface area (Å²) in [5.74, 6) is 1.87. The third-order valence-corrected chi connectivity index (χ3v) is 11.6. The van der Waals surface area contributed by atoms with Crippen LogP contribution in [-0.4, -0.2) is 24.1 Å². The van der Waals surface area contributed by atoms with E-state index >= 15 is 0 Å². The van der Waals surface area contributed by atoms with E-state index in [1.54, 1.807) is 0 Å². The van der Waals surface area contributed by atoms with Crippen LogP contribution in [0.2, 0.25) is 0 Å². The quantitative estimate of drug-likeness (QED) is 0.145. The van der Waals surface area contributed by atoms with E-state index in [2.05, 4.69) is 216 Å². The van der Waals surface area contributed by atoms with Crippen LogP contribution in [0.5, 0.6) is 0 Å². The highest BCUT2D eigenvalue weighted by molar-refractivity contribution is 6.10. The third-order valence-electron chi connectivity index (χ3n) is 11.6. The van der Waals surface area contributed by atoms with Crippen molar-refractivity contribution in [2.75, 3.05) is 0 Å². The summed E-state index contributed by atoms with van der Waals surface area (Å²) in [6.45, 7) is 2.84. The second-order valence-corrected chi connectivity index (χ2v) is 15.2. The predicted octanol–water partition coefficient (Wildman–Crippen LogP) is 14.0. The van der Waals surface area contributed by atoms with Gasteiger partial charge in [-0.3, -0.25) is 0 Å². The molecule has 284 valence electrons. The molecule has 8 aromatic carbocycles. The number of aromatic nitrogens is 5. The van der Waals surface area contributed by atoms with E-state index in [1.807, 2.05) is 6.07 Å². The van der Waals surface area contributed by atoms with Crippen molar-refractivity contribution in [3.8, 4) is 62.1 Å². The monoisotopic (exact) mass is 769 g/mol. The van der Waals surface area contributed by atoms with Crippen molar-refractivity contribution >= 4 is 43.6 Å². The van der Waals surface area contributed by atoms with Crippen molar-refractivity contribution in [1.29, 1.82) is 0 Å². The van der Waals surface area contributed by atoms with Crippen LogP contribution in [0.3, 0.4) is 0 Å². The molecular weight excluding hydrogens is 731 g/mol. The van der Waals surface area contributed by atoms with Gasteiger partial charge in [-0.05, 0) is 71.6 Å². The lowest BCUT2D eigenvalue weighted by atomic mass is 9.99. The van der Waals surface area contributed by atoms with E-state index < -0.39 is 0 Å². The number of para-hydroxylation sites is 3.